The summed E-state index contributed by atoms with van der Waals surface area (Å²) in [5, 5.41) is 10.7. The van der Waals surface area contributed by atoms with Gasteiger partial charge in [-0.25, -0.2) is 0 Å². The van der Waals surface area contributed by atoms with Gasteiger partial charge in [-0.1, -0.05) is 30.3 Å². The van der Waals surface area contributed by atoms with E-state index < -0.39 is 24.0 Å². The largest absolute Gasteiger partial charge is 0.489 e. The van der Waals surface area contributed by atoms with Crippen molar-refractivity contribution in [1.82, 2.24) is 9.88 Å². The predicted octanol–water partition coefficient (Wildman–Crippen LogP) is 2.82. The van der Waals surface area contributed by atoms with Crippen molar-refractivity contribution in [3.8, 4) is 5.75 Å². The van der Waals surface area contributed by atoms with Gasteiger partial charge in [-0.3, -0.25) is 14.5 Å². The van der Waals surface area contributed by atoms with Gasteiger partial charge in [0.15, 0.2) is 0 Å². The van der Waals surface area contributed by atoms with Gasteiger partial charge in [0.2, 0.25) is 5.91 Å². The van der Waals surface area contributed by atoms with Crippen molar-refractivity contribution in [2.75, 3.05) is 6.54 Å². The normalized spacial score (nSPS) is 18.0. The van der Waals surface area contributed by atoms with Crippen LogP contribution >= 0.6 is 0 Å². The van der Waals surface area contributed by atoms with Crippen LogP contribution in [0.3, 0.4) is 0 Å². The maximum Gasteiger partial charge on any atom is 0.325 e. The molecule has 1 aromatic heterocycles. The van der Waals surface area contributed by atoms with E-state index in [2.05, 4.69) is 4.98 Å². The smallest absolute Gasteiger partial charge is 0.325 e. The highest BCUT2D eigenvalue weighted by molar-refractivity contribution is 5.90. The van der Waals surface area contributed by atoms with E-state index in [4.69, 9.17) is 10.5 Å². The van der Waals surface area contributed by atoms with E-state index in [1.54, 1.807) is 11.1 Å². The van der Waals surface area contributed by atoms with Crippen LogP contribution in [0.15, 0.2) is 54.7 Å². The number of H-pyrrole nitrogens is 1. The first-order valence-corrected chi connectivity index (χ1v) is 9.60. The number of aromatic nitrogens is 1. The van der Waals surface area contributed by atoms with Crippen LogP contribution in [-0.2, 0) is 16.2 Å². The number of nitrogens with two attached hydrogens (primary N) is 1. The molecular formula is C22H23N3O4. The second-order valence-electron chi connectivity index (χ2n) is 7.26. The number of aliphatic carboxylic acids is 1. The third kappa shape index (κ3) is 3.82. The fourth-order valence-electron chi connectivity index (χ4n) is 4.04. The molecule has 1 amide bonds. The second-order valence-corrected chi connectivity index (χ2v) is 7.26. The fraction of sp³-hybridized carbons (Fsp3) is 0.273. The highest BCUT2D eigenvalue weighted by Gasteiger charge is 2.39. The van der Waals surface area contributed by atoms with Crippen molar-refractivity contribution in [2.24, 2.45) is 5.73 Å². The first-order valence-electron chi connectivity index (χ1n) is 9.60. The SMILES string of the molecule is NC(=O)[C@@H]1CCCN1[C@H](C(=O)O)c1c[nH]c2cc(OCc3ccccc3)ccc12. The molecule has 7 nitrogen and oxygen atoms in total. The summed E-state index contributed by atoms with van der Waals surface area (Å²) < 4.78 is 5.86. The second kappa shape index (κ2) is 7.97. The first-order chi connectivity index (χ1) is 14.0. The van der Waals surface area contributed by atoms with Crippen LogP contribution in [0, 0.1) is 0 Å². The van der Waals surface area contributed by atoms with Gasteiger partial charge >= 0.3 is 5.97 Å². The van der Waals surface area contributed by atoms with Gasteiger partial charge in [-0.2, -0.15) is 0 Å². The fourth-order valence-corrected chi connectivity index (χ4v) is 4.04. The molecule has 3 aromatic rings. The number of primary amides is 1. The van der Waals surface area contributed by atoms with Crippen molar-refractivity contribution < 1.29 is 19.4 Å². The van der Waals surface area contributed by atoms with Crippen LogP contribution < -0.4 is 10.5 Å². The summed E-state index contributed by atoms with van der Waals surface area (Å²) in [6, 6.07) is 13.9. The molecule has 1 saturated heterocycles. The molecule has 2 atom stereocenters. The van der Waals surface area contributed by atoms with Crippen LogP contribution in [0.5, 0.6) is 5.75 Å². The van der Waals surface area contributed by atoms with E-state index in [1.807, 2.05) is 48.5 Å². The van der Waals surface area contributed by atoms with E-state index in [0.717, 1.165) is 22.9 Å². The van der Waals surface area contributed by atoms with Gasteiger partial charge in [0.1, 0.15) is 18.4 Å². The third-order valence-corrected chi connectivity index (χ3v) is 5.42. The lowest BCUT2D eigenvalue weighted by molar-refractivity contribution is -0.144. The number of carboxylic acids is 1. The summed E-state index contributed by atoms with van der Waals surface area (Å²) >= 11 is 0. The number of nitrogens with zero attached hydrogens (tertiary/aromatic N) is 1. The Kier molecular flexibility index (Phi) is 5.22. The Morgan fingerprint density at radius 3 is 2.76 bits per heavy atom. The molecule has 1 aliphatic rings. The Morgan fingerprint density at radius 1 is 1.24 bits per heavy atom. The van der Waals surface area contributed by atoms with Gasteiger partial charge in [0.25, 0.3) is 0 Å². The lowest BCUT2D eigenvalue weighted by Gasteiger charge is -2.28. The lowest BCUT2D eigenvalue weighted by atomic mass is 10.0. The van der Waals surface area contributed by atoms with Crippen LogP contribution in [0.4, 0.5) is 0 Å². The van der Waals surface area contributed by atoms with Crippen molar-refractivity contribution >= 4 is 22.8 Å². The van der Waals surface area contributed by atoms with E-state index in [-0.39, 0.29) is 0 Å². The Balaban J connectivity index is 1.60. The average molecular weight is 393 g/mol. The summed E-state index contributed by atoms with van der Waals surface area (Å²) in [7, 11) is 0. The van der Waals surface area contributed by atoms with Gasteiger partial charge in [0, 0.05) is 35.3 Å². The van der Waals surface area contributed by atoms with Gasteiger partial charge in [0.05, 0.1) is 6.04 Å². The summed E-state index contributed by atoms with van der Waals surface area (Å²) in [4.78, 5) is 28.7. The zero-order chi connectivity index (χ0) is 20.4. The molecule has 0 radical (unpaired) electrons. The van der Waals surface area contributed by atoms with E-state index in [9.17, 15) is 14.7 Å². The van der Waals surface area contributed by atoms with Crippen LogP contribution in [-0.4, -0.2) is 39.5 Å². The quantitative estimate of drug-likeness (QED) is 0.572. The number of carboxylic acid groups (broad SMARTS) is 1. The number of aromatic amines is 1. The zero-order valence-corrected chi connectivity index (χ0v) is 15.9. The standard InChI is InChI=1S/C22H23N3O4/c23-21(26)19-7-4-10-25(19)20(22(27)28)17-12-24-18-11-15(8-9-16(17)18)29-13-14-5-2-1-3-6-14/h1-3,5-6,8-9,11-12,19-20,24H,4,7,10,13H2,(H2,23,26)(H,27,28)/t19-,20-/m0/s1. The number of hydrogen-bond donors (Lipinski definition) is 3. The molecule has 4 N–H and O–H groups in total. The van der Waals surface area contributed by atoms with Gasteiger partial charge < -0.3 is 20.6 Å². The van der Waals surface area contributed by atoms with Gasteiger partial charge in [-0.15, -0.1) is 0 Å². The third-order valence-electron chi connectivity index (χ3n) is 5.42. The molecule has 2 heterocycles. The average Bonchev–Trinajstić information content (AvgIpc) is 3.35. The van der Waals surface area contributed by atoms with E-state index in [1.165, 1.54) is 0 Å². The Bertz CT molecular complexity index is 1030. The van der Waals surface area contributed by atoms with Crippen molar-refractivity contribution in [1.29, 1.82) is 0 Å². The molecule has 7 heteroatoms. The minimum absolute atomic E-state index is 0.450. The molecule has 4 rings (SSSR count). The Morgan fingerprint density at radius 2 is 2.03 bits per heavy atom. The summed E-state index contributed by atoms with van der Waals surface area (Å²) in [6.07, 6.45) is 3.02. The number of amides is 1. The molecule has 0 spiro atoms. The van der Waals surface area contributed by atoms with E-state index in [0.29, 0.717) is 30.9 Å². The number of rotatable bonds is 7. The molecule has 2 aromatic carbocycles. The van der Waals surface area contributed by atoms with Crippen molar-refractivity contribution in [2.45, 2.75) is 31.5 Å². The van der Waals surface area contributed by atoms with Crippen LogP contribution in [0.1, 0.15) is 30.0 Å². The Hall–Kier alpha value is -3.32. The minimum Gasteiger partial charge on any atom is -0.489 e. The van der Waals surface area contributed by atoms with Gasteiger partial charge in [-0.05, 0) is 30.5 Å². The number of likely N-dealkylation sites (tertiary alicyclic amines) is 1. The lowest BCUT2D eigenvalue weighted by Crippen LogP contribution is -2.44. The Labute approximate surface area is 168 Å². The van der Waals surface area contributed by atoms with E-state index >= 15 is 0 Å². The topological polar surface area (TPSA) is 109 Å². The molecule has 1 fully saturated rings. The molecule has 29 heavy (non-hydrogen) atoms. The maximum atomic E-state index is 12.1. The zero-order valence-electron chi connectivity index (χ0n) is 15.9. The molecule has 150 valence electrons. The summed E-state index contributed by atoms with van der Waals surface area (Å²) in [6.45, 7) is 0.973. The molecule has 0 saturated carbocycles. The van der Waals surface area contributed by atoms with Crippen molar-refractivity contribution in [3.05, 3.63) is 65.9 Å². The molecule has 1 aliphatic heterocycles. The minimum atomic E-state index is -0.997. The number of hydrogen-bond acceptors (Lipinski definition) is 4. The van der Waals surface area contributed by atoms with Crippen molar-refractivity contribution in [3.63, 3.8) is 0 Å². The summed E-state index contributed by atoms with van der Waals surface area (Å²) in [5.41, 5.74) is 7.97. The predicted molar refractivity (Wildman–Crippen MR) is 108 cm³/mol. The van der Waals surface area contributed by atoms with Crippen LogP contribution in [0.2, 0.25) is 0 Å². The number of carbonyl (C=O) groups excluding carboxylic acids is 1. The number of carbonyl (C=O) groups is 2. The summed E-state index contributed by atoms with van der Waals surface area (Å²) in [5.74, 6) is -0.786. The number of fused-ring (bicyclic) bond motifs is 1. The first kappa shape index (κ1) is 19.0. The molecule has 0 unspecified atom stereocenters. The molecule has 0 bridgehead atoms. The molecule has 0 aliphatic carbocycles. The monoisotopic (exact) mass is 393 g/mol. The number of benzene rings is 2. The highest BCUT2D eigenvalue weighted by atomic mass is 16.5. The number of nitrogens with one attached hydrogen (secondary N) is 1. The maximum absolute atomic E-state index is 12.1. The van der Waals surface area contributed by atoms with Crippen LogP contribution in [0.25, 0.3) is 10.9 Å². The highest BCUT2D eigenvalue weighted by Crippen LogP contribution is 2.35. The number of ether oxygens (including phenoxy) is 1. The molecular weight excluding hydrogens is 370 g/mol.